The number of ketones is 1. The zero-order valence-corrected chi connectivity index (χ0v) is 15.1. The van der Waals surface area contributed by atoms with Crippen LogP contribution in [0.1, 0.15) is 29.8 Å². The molecule has 0 saturated carbocycles. The van der Waals surface area contributed by atoms with Crippen LogP contribution in [-0.4, -0.2) is 23.3 Å². The molecule has 0 saturated heterocycles. The normalized spacial score (nSPS) is 20.8. The summed E-state index contributed by atoms with van der Waals surface area (Å²) in [6, 6.07) is 14.1. The van der Waals surface area contributed by atoms with E-state index in [1.54, 1.807) is 43.3 Å². The van der Waals surface area contributed by atoms with Gasteiger partial charge >= 0.3 is 0 Å². The van der Waals surface area contributed by atoms with E-state index in [9.17, 15) is 14.7 Å². The fourth-order valence-electron chi connectivity index (χ4n) is 3.25. The molecule has 1 N–H and O–H groups in total. The molecule has 0 bridgehead atoms. The minimum absolute atomic E-state index is 0.254. The predicted molar refractivity (Wildman–Crippen MR) is 96.0 cm³/mol. The summed E-state index contributed by atoms with van der Waals surface area (Å²) in [5, 5.41) is 11.3. The Bertz CT molecular complexity index is 806. The SMILES string of the molecule is CCN1C(=O)[C@](O)([C@@H](C)C(=O)c2ccccc2)c2cc(Br)ccc21. The van der Waals surface area contributed by atoms with Gasteiger partial charge in [-0.05, 0) is 25.1 Å². The Morgan fingerprint density at radius 1 is 1.25 bits per heavy atom. The van der Waals surface area contributed by atoms with Crippen molar-refractivity contribution in [2.45, 2.75) is 19.4 Å². The summed E-state index contributed by atoms with van der Waals surface area (Å²) in [5.74, 6) is -1.60. The Balaban J connectivity index is 2.10. The van der Waals surface area contributed by atoms with Gasteiger partial charge in [0.15, 0.2) is 11.4 Å². The number of aliphatic hydroxyl groups is 1. The van der Waals surface area contributed by atoms with E-state index in [1.165, 1.54) is 4.90 Å². The van der Waals surface area contributed by atoms with Crippen molar-refractivity contribution in [3.05, 3.63) is 64.1 Å². The van der Waals surface area contributed by atoms with E-state index >= 15 is 0 Å². The smallest absolute Gasteiger partial charge is 0.264 e. The summed E-state index contributed by atoms with van der Waals surface area (Å²) in [4.78, 5) is 27.3. The quantitative estimate of drug-likeness (QED) is 0.816. The van der Waals surface area contributed by atoms with Gasteiger partial charge in [0.05, 0.1) is 11.6 Å². The number of hydrogen-bond donors (Lipinski definition) is 1. The molecule has 0 fully saturated rings. The van der Waals surface area contributed by atoms with Gasteiger partial charge in [-0.2, -0.15) is 0 Å². The van der Waals surface area contributed by atoms with E-state index in [-0.39, 0.29) is 5.78 Å². The zero-order valence-electron chi connectivity index (χ0n) is 13.5. The average Bonchev–Trinajstić information content (AvgIpc) is 2.82. The molecular formula is C19H18BrNO3. The van der Waals surface area contributed by atoms with Gasteiger partial charge in [-0.1, -0.05) is 53.2 Å². The van der Waals surface area contributed by atoms with Crippen LogP contribution < -0.4 is 4.90 Å². The predicted octanol–water partition coefficient (Wildman–Crippen LogP) is 3.52. The fraction of sp³-hybridized carbons (Fsp3) is 0.263. The maximum absolute atomic E-state index is 12.9. The van der Waals surface area contributed by atoms with Crippen molar-refractivity contribution < 1.29 is 14.7 Å². The molecule has 2 aromatic rings. The summed E-state index contributed by atoms with van der Waals surface area (Å²) in [6.07, 6.45) is 0. The lowest BCUT2D eigenvalue weighted by molar-refractivity contribution is -0.139. The van der Waals surface area contributed by atoms with E-state index in [0.29, 0.717) is 23.4 Å². The summed E-state index contributed by atoms with van der Waals surface area (Å²) in [7, 11) is 0. The van der Waals surface area contributed by atoms with Crippen molar-refractivity contribution in [2.75, 3.05) is 11.4 Å². The Hall–Kier alpha value is -1.98. The van der Waals surface area contributed by atoms with E-state index in [0.717, 1.165) is 4.47 Å². The average molecular weight is 388 g/mol. The fourth-order valence-corrected chi connectivity index (χ4v) is 3.61. The van der Waals surface area contributed by atoms with Gasteiger partial charge in [0.25, 0.3) is 5.91 Å². The van der Waals surface area contributed by atoms with Gasteiger partial charge in [-0.15, -0.1) is 0 Å². The lowest BCUT2D eigenvalue weighted by atomic mass is 9.79. The van der Waals surface area contributed by atoms with Crippen LogP contribution in [0.15, 0.2) is 53.0 Å². The van der Waals surface area contributed by atoms with Gasteiger partial charge in [0.2, 0.25) is 0 Å². The van der Waals surface area contributed by atoms with Crippen LogP contribution >= 0.6 is 15.9 Å². The molecule has 5 heteroatoms. The maximum atomic E-state index is 12.9. The topological polar surface area (TPSA) is 57.6 Å². The van der Waals surface area contributed by atoms with Crippen molar-refractivity contribution in [3.63, 3.8) is 0 Å². The molecule has 1 heterocycles. The van der Waals surface area contributed by atoms with E-state index < -0.39 is 17.4 Å². The second-order valence-electron chi connectivity index (χ2n) is 5.93. The number of anilines is 1. The van der Waals surface area contributed by atoms with Gasteiger partial charge < -0.3 is 10.0 Å². The third-order valence-electron chi connectivity index (χ3n) is 4.63. The molecule has 0 spiro atoms. The summed E-state index contributed by atoms with van der Waals surface area (Å²) in [5.41, 5.74) is -0.249. The summed E-state index contributed by atoms with van der Waals surface area (Å²) < 4.78 is 0.754. The largest absolute Gasteiger partial charge is 0.375 e. The van der Waals surface area contributed by atoms with E-state index in [4.69, 9.17) is 0 Å². The second kappa shape index (κ2) is 6.15. The zero-order chi connectivity index (χ0) is 17.5. The molecular weight excluding hydrogens is 370 g/mol. The van der Waals surface area contributed by atoms with Crippen molar-refractivity contribution in [1.29, 1.82) is 0 Å². The van der Waals surface area contributed by atoms with Crippen LogP contribution in [0.3, 0.4) is 0 Å². The molecule has 24 heavy (non-hydrogen) atoms. The van der Waals surface area contributed by atoms with Crippen molar-refractivity contribution in [1.82, 2.24) is 0 Å². The third kappa shape index (κ3) is 2.39. The number of benzene rings is 2. The van der Waals surface area contributed by atoms with Gasteiger partial charge in [-0.25, -0.2) is 0 Å². The van der Waals surface area contributed by atoms with Crippen LogP contribution in [0, 0.1) is 5.92 Å². The lowest BCUT2D eigenvalue weighted by Gasteiger charge is -2.28. The molecule has 0 aromatic heterocycles. The standard InChI is InChI=1S/C19H18BrNO3/c1-3-21-16-10-9-14(20)11-15(16)19(24,18(21)23)12(2)17(22)13-7-5-4-6-8-13/h4-12,24H,3H2,1-2H3/t12-,19-/m0/s1. The highest BCUT2D eigenvalue weighted by atomic mass is 79.9. The third-order valence-corrected chi connectivity index (χ3v) is 5.12. The molecule has 124 valence electrons. The van der Waals surface area contributed by atoms with Crippen molar-refractivity contribution in [3.8, 4) is 0 Å². The number of amides is 1. The first-order valence-corrected chi connectivity index (χ1v) is 8.64. The number of hydrogen-bond acceptors (Lipinski definition) is 3. The number of likely N-dealkylation sites (N-methyl/N-ethyl adjacent to an activating group) is 1. The Kier molecular flexibility index (Phi) is 4.32. The highest BCUT2D eigenvalue weighted by Crippen LogP contribution is 2.46. The monoisotopic (exact) mass is 387 g/mol. The Labute approximate surface area is 149 Å². The molecule has 1 amide bonds. The molecule has 1 aliphatic rings. The van der Waals surface area contributed by atoms with E-state index in [2.05, 4.69) is 15.9 Å². The molecule has 0 aliphatic carbocycles. The molecule has 1 aliphatic heterocycles. The molecule has 4 nitrogen and oxygen atoms in total. The summed E-state index contributed by atoms with van der Waals surface area (Å²) in [6.45, 7) is 3.89. The number of Topliss-reactive ketones (excluding diaryl/α,β-unsaturated/α-hetero) is 1. The van der Waals surface area contributed by atoms with Crippen LogP contribution in [0.25, 0.3) is 0 Å². The summed E-state index contributed by atoms with van der Waals surface area (Å²) >= 11 is 3.38. The molecule has 0 radical (unpaired) electrons. The number of rotatable bonds is 4. The molecule has 2 aromatic carbocycles. The Morgan fingerprint density at radius 3 is 2.54 bits per heavy atom. The van der Waals surface area contributed by atoms with Gasteiger partial charge in [-0.3, -0.25) is 9.59 Å². The van der Waals surface area contributed by atoms with Gasteiger partial charge in [0, 0.05) is 22.1 Å². The molecule has 0 unspecified atom stereocenters. The lowest BCUT2D eigenvalue weighted by Crippen LogP contribution is -2.47. The number of carbonyl (C=O) groups excluding carboxylic acids is 2. The Morgan fingerprint density at radius 2 is 1.92 bits per heavy atom. The molecule has 2 atom stereocenters. The number of carbonyl (C=O) groups is 2. The highest BCUT2D eigenvalue weighted by Gasteiger charge is 2.55. The second-order valence-corrected chi connectivity index (χ2v) is 6.84. The first-order chi connectivity index (χ1) is 11.4. The first-order valence-electron chi connectivity index (χ1n) is 7.84. The van der Waals surface area contributed by atoms with Crippen LogP contribution in [0.4, 0.5) is 5.69 Å². The maximum Gasteiger partial charge on any atom is 0.264 e. The van der Waals surface area contributed by atoms with Crippen LogP contribution in [0.2, 0.25) is 0 Å². The van der Waals surface area contributed by atoms with Crippen molar-refractivity contribution in [2.24, 2.45) is 5.92 Å². The highest BCUT2D eigenvalue weighted by molar-refractivity contribution is 9.10. The van der Waals surface area contributed by atoms with Crippen LogP contribution in [0.5, 0.6) is 0 Å². The minimum Gasteiger partial charge on any atom is -0.375 e. The van der Waals surface area contributed by atoms with E-state index in [1.807, 2.05) is 19.1 Å². The number of halogens is 1. The number of nitrogens with zero attached hydrogens (tertiary/aromatic N) is 1. The molecule has 3 rings (SSSR count). The van der Waals surface area contributed by atoms with Crippen LogP contribution in [-0.2, 0) is 10.4 Å². The first kappa shape index (κ1) is 16.9. The van der Waals surface area contributed by atoms with Gasteiger partial charge in [0.1, 0.15) is 0 Å². The number of fused-ring (bicyclic) bond motifs is 1. The minimum atomic E-state index is -1.86. The van der Waals surface area contributed by atoms with Crippen molar-refractivity contribution >= 4 is 33.3 Å².